The Labute approximate surface area is 158 Å². The smallest absolute Gasteiger partial charge is 0.338 e. The fourth-order valence-electron chi connectivity index (χ4n) is 3.10. The van der Waals surface area contributed by atoms with E-state index < -0.39 is 0 Å². The highest BCUT2D eigenvalue weighted by molar-refractivity contribution is 6.03. The van der Waals surface area contributed by atoms with Crippen LogP contribution in [0, 0.1) is 5.92 Å². The summed E-state index contributed by atoms with van der Waals surface area (Å²) in [7, 11) is 0. The summed E-state index contributed by atoms with van der Waals surface area (Å²) in [6, 6.07) is 8.17. The predicted molar refractivity (Wildman–Crippen MR) is 103 cm³/mol. The van der Waals surface area contributed by atoms with Gasteiger partial charge in [0.15, 0.2) is 0 Å². The zero-order valence-corrected chi connectivity index (χ0v) is 15.6. The quantitative estimate of drug-likeness (QED) is 0.816. The molecule has 1 N–H and O–H groups in total. The summed E-state index contributed by atoms with van der Waals surface area (Å²) < 4.78 is 4.95. The van der Waals surface area contributed by atoms with Crippen molar-refractivity contribution in [1.29, 1.82) is 0 Å². The minimum Gasteiger partial charge on any atom is -0.462 e. The topological polar surface area (TPSA) is 84.4 Å². The Hall–Kier alpha value is -2.96. The monoisotopic (exact) mass is 368 g/mol. The SMILES string of the molecule is CCOC(=O)c1ccc(NC(=O)c2ccnc(N3CCCC(C)C3)n2)cc1. The molecule has 1 atom stereocenters. The molecule has 0 saturated carbocycles. The van der Waals surface area contributed by atoms with Crippen LogP contribution in [0.2, 0.25) is 0 Å². The molecular weight excluding hydrogens is 344 g/mol. The lowest BCUT2D eigenvalue weighted by atomic mass is 10.0. The Kier molecular flexibility index (Phi) is 6.01. The molecule has 1 fully saturated rings. The van der Waals surface area contributed by atoms with E-state index in [4.69, 9.17) is 4.74 Å². The van der Waals surface area contributed by atoms with Gasteiger partial charge in [0.2, 0.25) is 5.95 Å². The largest absolute Gasteiger partial charge is 0.462 e. The van der Waals surface area contributed by atoms with Gasteiger partial charge in [-0.2, -0.15) is 0 Å². The maximum atomic E-state index is 12.5. The van der Waals surface area contributed by atoms with Gasteiger partial charge in [-0.15, -0.1) is 0 Å². The average Bonchev–Trinajstić information content (AvgIpc) is 2.69. The number of amides is 1. The Morgan fingerprint density at radius 1 is 1.26 bits per heavy atom. The van der Waals surface area contributed by atoms with Crippen LogP contribution in [-0.2, 0) is 4.74 Å². The molecule has 1 amide bonds. The van der Waals surface area contributed by atoms with E-state index in [2.05, 4.69) is 27.1 Å². The number of ether oxygens (including phenoxy) is 1. The minimum absolute atomic E-state index is 0.312. The van der Waals surface area contributed by atoms with E-state index in [0.29, 0.717) is 35.4 Å². The van der Waals surface area contributed by atoms with Crippen molar-refractivity contribution in [2.75, 3.05) is 29.9 Å². The van der Waals surface area contributed by atoms with Gasteiger partial charge in [-0.1, -0.05) is 6.92 Å². The highest BCUT2D eigenvalue weighted by atomic mass is 16.5. The second-order valence-corrected chi connectivity index (χ2v) is 6.69. The molecule has 0 radical (unpaired) electrons. The van der Waals surface area contributed by atoms with Crippen LogP contribution in [-0.4, -0.2) is 41.5 Å². The molecule has 142 valence electrons. The van der Waals surface area contributed by atoms with Gasteiger partial charge in [0.1, 0.15) is 5.69 Å². The summed E-state index contributed by atoms with van der Waals surface area (Å²) in [6.07, 6.45) is 3.92. The lowest BCUT2D eigenvalue weighted by Crippen LogP contribution is -2.35. The average molecular weight is 368 g/mol. The number of rotatable bonds is 5. The maximum absolute atomic E-state index is 12.5. The number of hydrogen-bond acceptors (Lipinski definition) is 6. The van der Waals surface area contributed by atoms with E-state index in [1.54, 1.807) is 43.5 Å². The molecule has 1 aromatic carbocycles. The molecule has 3 rings (SSSR count). The highest BCUT2D eigenvalue weighted by Gasteiger charge is 2.20. The van der Waals surface area contributed by atoms with E-state index in [-0.39, 0.29) is 11.9 Å². The molecule has 1 aromatic heterocycles. The molecule has 2 heterocycles. The number of nitrogens with one attached hydrogen (secondary N) is 1. The number of esters is 1. The van der Waals surface area contributed by atoms with Crippen molar-refractivity contribution < 1.29 is 14.3 Å². The lowest BCUT2D eigenvalue weighted by molar-refractivity contribution is 0.0526. The zero-order chi connectivity index (χ0) is 19.2. The van der Waals surface area contributed by atoms with Crippen molar-refractivity contribution in [3.8, 4) is 0 Å². The second kappa shape index (κ2) is 8.62. The molecule has 0 bridgehead atoms. The van der Waals surface area contributed by atoms with E-state index in [1.165, 1.54) is 6.42 Å². The first kappa shape index (κ1) is 18.8. The van der Waals surface area contributed by atoms with E-state index in [1.807, 2.05) is 0 Å². The molecule has 27 heavy (non-hydrogen) atoms. The summed E-state index contributed by atoms with van der Waals surface area (Å²) in [5.41, 5.74) is 1.34. The summed E-state index contributed by atoms with van der Waals surface area (Å²) in [5, 5.41) is 2.80. The Morgan fingerprint density at radius 2 is 2.04 bits per heavy atom. The molecule has 7 heteroatoms. The van der Waals surface area contributed by atoms with Crippen LogP contribution in [0.5, 0.6) is 0 Å². The van der Waals surface area contributed by atoms with Gasteiger partial charge in [0.25, 0.3) is 5.91 Å². The first-order valence-electron chi connectivity index (χ1n) is 9.23. The normalized spacial score (nSPS) is 16.7. The van der Waals surface area contributed by atoms with Crippen molar-refractivity contribution in [2.45, 2.75) is 26.7 Å². The number of carbonyl (C=O) groups excluding carboxylic acids is 2. The van der Waals surface area contributed by atoms with Crippen LogP contribution < -0.4 is 10.2 Å². The van der Waals surface area contributed by atoms with Gasteiger partial charge in [0, 0.05) is 25.0 Å². The molecule has 1 aliphatic rings. The fraction of sp³-hybridized carbons (Fsp3) is 0.400. The van der Waals surface area contributed by atoms with E-state index in [9.17, 15) is 9.59 Å². The number of piperidine rings is 1. The molecule has 1 aliphatic heterocycles. The van der Waals surface area contributed by atoms with Gasteiger partial charge in [0.05, 0.1) is 12.2 Å². The molecule has 1 saturated heterocycles. The van der Waals surface area contributed by atoms with Gasteiger partial charge in [-0.25, -0.2) is 14.8 Å². The van der Waals surface area contributed by atoms with Gasteiger partial charge in [-0.3, -0.25) is 4.79 Å². The number of anilines is 2. The fourth-order valence-corrected chi connectivity index (χ4v) is 3.10. The van der Waals surface area contributed by atoms with Crippen LogP contribution in [0.25, 0.3) is 0 Å². The van der Waals surface area contributed by atoms with Crippen molar-refractivity contribution in [1.82, 2.24) is 9.97 Å². The number of nitrogens with zero attached hydrogens (tertiary/aromatic N) is 3. The molecule has 1 unspecified atom stereocenters. The Morgan fingerprint density at radius 3 is 2.74 bits per heavy atom. The highest BCUT2D eigenvalue weighted by Crippen LogP contribution is 2.20. The molecule has 0 aliphatic carbocycles. The van der Waals surface area contributed by atoms with Gasteiger partial charge in [-0.05, 0) is 56.0 Å². The summed E-state index contributed by atoms with van der Waals surface area (Å²) in [5.74, 6) is 0.490. The summed E-state index contributed by atoms with van der Waals surface area (Å²) >= 11 is 0. The van der Waals surface area contributed by atoms with Crippen LogP contribution in [0.4, 0.5) is 11.6 Å². The first-order valence-corrected chi connectivity index (χ1v) is 9.23. The number of hydrogen-bond donors (Lipinski definition) is 1. The summed E-state index contributed by atoms with van der Waals surface area (Å²) in [4.78, 5) is 35.1. The van der Waals surface area contributed by atoms with Crippen LogP contribution in [0.1, 0.15) is 47.5 Å². The van der Waals surface area contributed by atoms with Gasteiger partial charge < -0.3 is 15.0 Å². The zero-order valence-electron chi connectivity index (χ0n) is 15.6. The van der Waals surface area contributed by atoms with E-state index in [0.717, 1.165) is 19.5 Å². The van der Waals surface area contributed by atoms with Crippen molar-refractivity contribution >= 4 is 23.5 Å². The second-order valence-electron chi connectivity index (χ2n) is 6.69. The van der Waals surface area contributed by atoms with Crippen LogP contribution >= 0.6 is 0 Å². The minimum atomic E-state index is -0.383. The third kappa shape index (κ3) is 4.81. The Balaban J connectivity index is 1.67. The molecule has 0 spiro atoms. The third-order valence-electron chi connectivity index (χ3n) is 4.47. The summed E-state index contributed by atoms with van der Waals surface area (Å²) in [6.45, 7) is 6.10. The van der Waals surface area contributed by atoms with Gasteiger partial charge >= 0.3 is 5.97 Å². The lowest BCUT2D eigenvalue weighted by Gasteiger charge is -2.30. The van der Waals surface area contributed by atoms with E-state index >= 15 is 0 Å². The number of benzene rings is 1. The van der Waals surface area contributed by atoms with Crippen molar-refractivity contribution in [3.05, 3.63) is 47.8 Å². The van der Waals surface area contributed by atoms with Crippen molar-refractivity contribution in [3.63, 3.8) is 0 Å². The standard InChI is InChI=1S/C20H24N4O3/c1-3-27-19(26)15-6-8-16(9-7-15)22-18(25)17-10-11-21-20(23-17)24-12-4-5-14(2)13-24/h6-11,14H,3-5,12-13H2,1-2H3,(H,22,25). The predicted octanol–water partition coefficient (Wildman–Crippen LogP) is 3.14. The molecule has 2 aromatic rings. The van der Waals surface area contributed by atoms with Crippen LogP contribution in [0.3, 0.4) is 0 Å². The number of carbonyl (C=O) groups is 2. The van der Waals surface area contributed by atoms with Crippen molar-refractivity contribution in [2.24, 2.45) is 5.92 Å². The van der Waals surface area contributed by atoms with Crippen LogP contribution in [0.15, 0.2) is 36.5 Å². The molecular formula is C20H24N4O3. The molecule has 7 nitrogen and oxygen atoms in total. The first-order chi connectivity index (χ1) is 13.1. The maximum Gasteiger partial charge on any atom is 0.338 e. The Bertz CT molecular complexity index is 807. The number of aromatic nitrogens is 2. The third-order valence-corrected chi connectivity index (χ3v) is 4.47.